The van der Waals surface area contributed by atoms with Crippen LogP contribution in [0.4, 0.5) is 22.0 Å². The molecule has 2 unspecified atom stereocenters. The number of rotatable bonds is 12. The van der Waals surface area contributed by atoms with E-state index >= 15 is 0 Å². The van der Waals surface area contributed by atoms with Crippen molar-refractivity contribution in [2.24, 2.45) is 46.3 Å². The third kappa shape index (κ3) is 7.78. The highest BCUT2D eigenvalue weighted by molar-refractivity contribution is 7.85. The molecule has 0 aromatic rings. The molecule has 0 radical (unpaired) electrons. The molecule has 0 heterocycles. The van der Waals surface area contributed by atoms with E-state index in [1.807, 2.05) is 13.8 Å². The van der Waals surface area contributed by atoms with Crippen LogP contribution >= 0.6 is 0 Å². The van der Waals surface area contributed by atoms with E-state index in [0.717, 1.165) is 0 Å². The molecule has 272 valence electrons. The molecule has 0 aliphatic heterocycles. The molecule has 4 aliphatic carbocycles. The summed E-state index contributed by atoms with van der Waals surface area (Å²) in [5, 5.41) is 0. The Labute approximate surface area is 276 Å². The summed E-state index contributed by atoms with van der Waals surface area (Å²) in [6, 6.07) is 0. The molecule has 16 heteroatoms. The maximum absolute atomic E-state index is 13.9. The summed E-state index contributed by atoms with van der Waals surface area (Å²) in [7, 11) is -5.54. The van der Waals surface area contributed by atoms with Crippen molar-refractivity contribution in [1.29, 1.82) is 0 Å². The number of alkyl halides is 5. The van der Waals surface area contributed by atoms with E-state index in [1.54, 1.807) is 0 Å². The predicted molar refractivity (Wildman–Crippen MR) is 157 cm³/mol. The number of ether oxygens (including phenoxy) is 2. The number of fused-ring (bicyclic) bond motifs is 5. The van der Waals surface area contributed by atoms with Crippen LogP contribution in [0.3, 0.4) is 0 Å². The Hall–Kier alpha value is -2.49. The normalized spacial score (nSPS) is 33.7. The molecule has 0 amide bonds. The molecular formula is C32H43F5O10S. The maximum Gasteiger partial charge on any atom is 0.431 e. The molecule has 0 spiro atoms. The van der Waals surface area contributed by atoms with Gasteiger partial charge in [0.15, 0.2) is 0 Å². The lowest BCUT2D eigenvalue weighted by molar-refractivity contribution is -0.272. The molecule has 0 aromatic carbocycles. The quantitative estimate of drug-likeness (QED) is 0.122. The largest absolute Gasteiger partial charge is 0.466 e. The van der Waals surface area contributed by atoms with Crippen LogP contribution in [0.5, 0.6) is 0 Å². The molecule has 4 fully saturated rings. The first-order valence-electron chi connectivity index (χ1n) is 16.3. The van der Waals surface area contributed by atoms with Gasteiger partial charge in [-0.2, -0.15) is 21.6 Å². The van der Waals surface area contributed by atoms with Crippen LogP contribution in [0.15, 0.2) is 0 Å². The summed E-state index contributed by atoms with van der Waals surface area (Å²) in [4.78, 5) is 63.9. The average molecular weight is 715 g/mol. The third-order valence-corrected chi connectivity index (χ3v) is 12.6. The fourth-order valence-corrected chi connectivity index (χ4v) is 9.95. The monoisotopic (exact) mass is 714 g/mol. The molecule has 0 bridgehead atoms. The zero-order valence-electron chi connectivity index (χ0n) is 27.2. The number of halogens is 5. The topological polar surface area (TPSA) is 158 Å². The second-order valence-corrected chi connectivity index (χ2v) is 16.1. The van der Waals surface area contributed by atoms with Crippen LogP contribution in [0.2, 0.25) is 0 Å². The van der Waals surface area contributed by atoms with Crippen LogP contribution in [0, 0.1) is 46.3 Å². The van der Waals surface area contributed by atoms with Crippen molar-refractivity contribution >= 4 is 39.4 Å². The van der Waals surface area contributed by atoms with Gasteiger partial charge in [-0.25, -0.2) is 8.78 Å². The highest BCUT2D eigenvalue weighted by atomic mass is 32.2. The van der Waals surface area contributed by atoms with Gasteiger partial charge in [-0.3, -0.25) is 28.5 Å². The van der Waals surface area contributed by atoms with Crippen molar-refractivity contribution in [2.75, 3.05) is 12.4 Å². The van der Waals surface area contributed by atoms with E-state index in [0.29, 0.717) is 51.4 Å². The molecule has 0 saturated heterocycles. The van der Waals surface area contributed by atoms with Gasteiger partial charge in [0.25, 0.3) is 16.2 Å². The van der Waals surface area contributed by atoms with Gasteiger partial charge in [0.05, 0.1) is 6.61 Å². The zero-order valence-corrected chi connectivity index (χ0v) is 28.0. The van der Waals surface area contributed by atoms with E-state index in [2.05, 4.69) is 11.7 Å². The summed E-state index contributed by atoms with van der Waals surface area (Å²) in [6.45, 7) is 5.58. The second kappa shape index (κ2) is 13.7. The third-order valence-electron chi connectivity index (χ3n) is 11.8. The minimum Gasteiger partial charge on any atom is -0.466 e. The van der Waals surface area contributed by atoms with Gasteiger partial charge in [-0.15, -0.1) is 0 Å². The Morgan fingerprint density at radius 2 is 1.65 bits per heavy atom. The fraction of sp³-hybridized carbons (Fsp3) is 0.844. The number of Topliss-reactive ketones (excluding diaryl/α,β-unsaturated/α-hetero) is 3. The molecule has 10 nitrogen and oxygen atoms in total. The average Bonchev–Trinajstić information content (AvgIpc) is 3.30. The Bertz CT molecular complexity index is 1410. The SMILES string of the molecule is C[C@H](CCC(=O)OCCCC(=O)OC(C(F)(F)F)C(F)(F)CS(=O)(=O)O)[C@H]1CC[C@H]2[C@@H]3C(=O)CC4CC(=O)CC[C@]4(C)[C@H]3CC(=O)[C@]12C. The Morgan fingerprint density at radius 1 is 0.979 bits per heavy atom. The van der Waals surface area contributed by atoms with E-state index < -0.39 is 64.5 Å². The Balaban J connectivity index is 1.27. The van der Waals surface area contributed by atoms with Crippen molar-refractivity contribution in [3.8, 4) is 0 Å². The Morgan fingerprint density at radius 3 is 2.27 bits per heavy atom. The maximum atomic E-state index is 13.9. The Kier molecular flexibility index (Phi) is 10.9. The van der Waals surface area contributed by atoms with Gasteiger partial charge in [0.2, 0.25) is 0 Å². The van der Waals surface area contributed by atoms with E-state index in [4.69, 9.17) is 9.29 Å². The van der Waals surface area contributed by atoms with Crippen molar-refractivity contribution < 1.29 is 68.4 Å². The first kappa shape index (κ1) is 38.3. The van der Waals surface area contributed by atoms with Crippen LogP contribution in [0.1, 0.15) is 91.4 Å². The number of hydrogen-bond donors (Lipinski definition) is 1. The number of ketones is 3. The summed E-state index contributed by atoms with van der Waals surface area (Å²) < 4.78 is 106. The first-order chi connectivity index (χ1) is 22.0. The molecule has 4 rings (SSSR count). The fourth-order valence-electron chi connectivity index (χ4n) is 9.31. The molecule has 4 saturated carbocycles. The number of hydrogen-bond acceptors (Lipinski definition) is 9. The molecule has 4 aliphatic rings. The summed E-state index contributed by atoms with van der Waals surface area (Å²) in [5.41, 5.74) is -0.970. The lowest BCUT2D eigenvalue weighted by atomic mass is 9.44. The number of carbonyl (C=O) groups is 5. The number of esters is 2. The molecular weight excluding hydrogens is 671 g/mol. The second-order valence-electron chi connectivity index (χ2n) is 14.7. The van der Waals surface area contributed by atoms with E-state index in [-0.39, 0.29) is 71.1 Å². The zero-order chi connectivity index (χ0) is 36.0. The smallest absolute Gasteiger partial charge is 0.431 e. The van der Waals surface area contributed by atoms with Gasteiger partial charge in [-0.05, 0) is 67.1 Å². The van der Waals surface area contributed by atoms with Gasteiger partial charge >= 0.3 is 24.0 Å². The predicted octanol–water partition coefficient (Wildman–Crippen LogP) is 5.31. The standard InChI is InChI=1S/C32H43F5O10S/c1-17(6-9-25(41)46-12-4-5-26(42)47-28(32(35,36)37)31(33,34)16-48(43,44)45)20-7-8-21-27-22(15-24(40)30(20,21)3)29(2)11-10-19(38)13-18(29)14-23(27)39/h17-18,20-22,27-28H,4-16H2,1-3H3,(H,43,44,45)/t17-,18?,20-,21+,22+,27+,28?,29+,30-/m1/s1. The minimum atomic E-state index is -5.84. The van der Waals surface area contributed by atoms with Crippen LogP contribution in [-0.2, 0) is 43.6 Å². The highest BCUT2D eigenvalue weighted by Crippen LogP contribution is 2.66. The molecule has 0 aromatic heterocycles. The van der Waals surface area contributed by atoms with Gasteiger partial charge in [-0.1, -0.05) is 20.8 Å². The van der Waals surface area contributed by atoms with E-state index in [1.165, 1.54) is 0 Å². The molecule has 9 atom stereocenters. The number of carbonyl (C=O) groups excluding carboxylic acids is 5. The van der Waals surface area contributed by atoms with Crippen LogP contribution in [0.25, 0.3) is 0 Å². The summed E-state index contributed by atoms with van der Waals surface area (Å²) in [5.74, 6) is -10.4. The van der Waals surface area contributed by atoms with E-state index in [9.17, 15) is 54.3 Å². The van der Waals surface area contributed by atoms with Gasteiger partial charge in [0.1, 0.15) is 23.1 Å². The lowest BCUT2D eigenvalue weighted by Crippen LogP contribution is -2.60. The van der Waals surface area contributed by atoms with Crippen molar-refractivity contribution in [2.45, 2.75) is 110 Å². The molecule has 48 heavy (non-hydrogen) atoms. The van der Waals surface area contributed by atoms with Crippen LogP contribution in [-0.4, -0.2) is 72.8 Å². The van der Waals surface area contributed by atoms with Crippen LogP contribution < -0.4 is 0 Å². The summed E-state index contributed by atoms with van der Waals surface area (Å²) >= 11 is 0. The highest BCUT2D eigenvalue weighted by Gasteiger charge is 2.66. The van der Waals surface area contributed by atoms with Gasteiger partial charge < -0.3 is 9.47 Å². The van der Waals surface area contributed by atoms with Crippen molar-refractivity contribution in [3.63, 3.8) is 0 Å². The minimum absolute atomic E-state index is 0.0306. The summed E-state index contributed by atoms with van der Waals surface area (Å²) in [6.07, 6.45) is -7.26. The molecule has 1 N–H and O–H groups in total. The van der Waals surface area contributed by atoms with Gasteiger partial charge in [0, 0.05) is 49.9 Å². The lowest BCUT2D eigenvalue weighted by Gasteiger charge is -2.58. The van der Waals surface area contributed by atoms with Crippen molar-refractivity contribution in [3.05, 3.63) is 0 Å². The van der Waals surface area contributed by atoms with Crippen molar-refractivity contribution in [1.82, 2.24) is 0 Å². The first-order valence-corrected chi connectivity index (χ1v) is 17.9.